The summed E-state index contributed by atoms with van der Waals surface area (Å²) in [5, 5.41) is 0. The van der Waals surface area contributed by atoms with E-state index in [1.165, 1.54) is 0 Å². The van der Waals surface area contributed by atoms with Gasteiger partial charge in [-0.25, -0.2) is 4.79 Å². The lowest BCUT2D eigenvalue weighted by atomic mass is 10.2. The molecule has 1 unspecified atom stereocenters. The number of urea groups is 1. The van der Waals surface area contributed by atoms with Crippen molar-refractivity contribution in [3.05, 3.63) is 30.3 Å². The van der Waals surface area contributed by atoms with E-state index < -0.39 is 14.3 Å². The number of nitrogens with zero attached hydrogens (tertiary/aromatic N) is 2. The van der Waals surface area contributed by atoms with Crippen LogP contribution in [0, 0.1) is 0 Å². The van der Waals surface area contributed by atoms with E-state index in [-0.39, 0.29) is 11.9 Å². The predicted octanol–water partition coefficient (Wildman–Crippen LogP) is 5.02. The highest BCUT2D eigenvalue weighted by Crippen LogP contribution is 2.36. The van der Waals surface area contributed by atoms with Crippen molar-refractivity contribution in [3.8, 4) is 0 Å². The summed E-state index contributed by atoms with van der Waals surface area (Å²) in [4.78, 5) is 28.0. The Bertz CT molecular complexity index is 559. The van der Waals surface area contributed by atoms with E-state index in [9.17, 15) is 9.59 Å². The fourth-order valence-corrected chi connectivity index (χ4v) is 9.51. The molecule has 2 rings (SSSR count). The van der Waals surface area contributed by atoms with Gasteiger partial charge in [0.05, 0.1) is 0 Å². The van der Waals surface area contributed by atoms with Crippen LogP contribution in [-0.4, -0.2) is 30.8 Å². The van der Waals surface area contributed by atoms with Gasteiger partial charge < -0.3 is 0 Å². The third kappa shape index (κ3) is 3.27. The molecular weight excluding hydrogens is 316 g/mol. The average molecular weight is 347 g/mol. The molecule has 1 saturated heterocycles. The van der Waals surface area contributed by atoms with Crippen LogP contribution in [0.4, 0.5) is 10.5 Å². The SMILES string of the molecule is CCC[Si](CCC)(CCC)N1C(=O)C(C)N(c2ccccc2)C1=O. The summed E-state index contributed by atoms with van der Waals surface area (Å²) in [6.07, 6.45) is 3.09. The first kappa shape index (κ1) is 18.7. The van der Waals surface area contributed by atoms with E-state index in [2.05, 4.69) is 20.8 Å². The zero-order valence-corrected chi connectivity index (χ0v) is 16.4. The highest BCUT2D eigenvalue weighted by Gasteiger charge is 2.53. The van der Waals surface area contributed by atoms with Crippen LogP contribution in [0.5, 0.6) is 0 Å². The van der Waals surface area contributed by atoms with E-state index >= 15 is 0 Å². The molecule has 1 aromatic carbocycles. The highest BCUT2D eigenvalue weighted by atomic mass is 28.3. The molecule has 3 amide bonds. The number of carbonyl (C=O) groups excluding carboxylic acids is 2. The number of carbonyl (C=O) groups is 2. The molecule has 0 spiro atoms. The molecule has 1 heterocycles. The third-order valence-electron chi connectivity index (χ3n) is 5.02. The van der Waals surface area contributed by atoms with Gasteiger partial charge in [0.1, 0.15) is 6.04 Å². The summed E-state index contributed by atoms with van der Waals surface area (Å²) in [6.45, 7) is 8.35. The first-order chi connectivity index (χ1) is 11.5. The van der Waals surface area contributed by atoms with Crippen LogP contribution < -0.4 is 4.90 Å². The topological polar surface area (TPSA) is 40.6 Å². The number of para-hydroxylation sites is 1. The van der Waals surface area contributed by atoms with E-state index in [1.807, 2.05) is 37.3 Å². The third-order valence-corrected chi connectivity index (χ3v) is 10.7. The lowest BCUT2D eigenvalue weighted by molar-refractivity contribution is -0.124. The average Bonchev–Trinajstić information content (AvgIpc) is 2.79. The van der Waals surface area contributed by atoms with Crippen molar-refractivity contribution in [2.24, 2.45) is 0 Å². The number of imide groups is 1. The van der Waals surface area contributed by atoms with Crippen LogP contribution >= 0.6 is 0 Å². The Labute approximate surface area is 146 Å². The second kappa shape index (κ2) is 7.97. The van der Waals surface area contributed by atoms with Gasteiger partial charge in [0.25, 0.3) is 0 Å². The first-order valence-corrected chi connectivity index (χ1v) is 11.8. The Morgan fingerprint density at radius 3 is 1.88 bits per heavy atom. The largest absolute Gasteiger partial charge is 0.323 e. The Hall–Kier alpha value is -1.62. The fourth-order valence-electron chi connectivity index (χ4n) is 4.13. The van der Waals surface area contributed by atoms with Crippen molar-refractivity contribution in [3.63, 3.8) is 0 Å². The molecule has 0 N–H and O–H groups in total. The van der Waals surface area contributed by atoms with Gasteiger partial charge in [-0.2, -0.15) is 0 Å². The normalized spacial score (nSPS) is 18.6. The Morgan fingerprint density at radius 1 is 0.917 bits per heavy atom. The number of rotatable bonds is 8. The minimum Gasteiger partial charge on any atom is -0.291 e. The molecule has 0 radical (unpaired) electrons. The van der Waals surface area contributed by atoms with Gasteiger partial charge in [0.15, 0.2) is 8.24 Å². The van der Waals surface area contributed by atoms with Crippen LogP contribution in [0.15, 0.2) is 30.3 Å². The summed E-state index contributed by atoms with van der Waals surface area (Å²) in [5.74, 6) is 0.00543. The second-order valence-electron chi connectivity index (χ2n) is 6.81. The van der Waals surface area contributed by atoms with Crippen LogP contribution in [0.25, 0.3) is 0 Å². The van der Waals surface area contributed by atoms with E-state index in [1.54, 1.807) is 9.47 Å². The minimum absolute atomic E-state index is 0.00543. The molecule has 1 fully saturated rings. The summed E-state index contributed by atoms with van der Waals surface area (Å²) < 4.78 is 1.74. The Balaban J connectivity index is 2.44. The van der Waals surface area contributed by atoms with Gasteiger partial charge in [-0.15, -0.1) is 0 Å². The summed E-state index contributed by atoms with van der Waals surface area (Å²) in [5.41, 5.74) is 0.818. The summed E-state index contributed by atoms with van der Waals surface area (Å²) in [7, 11) is -2.11. The van der Waals surface area contributed by atoms with Crippen molar-refractivity contribution in [1.29, 1.82) is 0 Å². The quantitative estimate of drug-likeness (QED) is 0.490. The standard InChI is InChI=1S/C19H30N2O2Si/c1-5-13-24(14-6-2,15-7-3)21-18(22)16(4)20(19(21)23)17-11-9-8-10-12-17/h8-12,16H,5-7,13-15H2,1-4H3. The molecule has 4 nitrogen and oxygen atoms in total. The van der Waals surface area contributed by atoms with Gasteiger partial charge in [-0.3, -0.25) is 14.3 Å². The van der Waals surface area contributed by atoms with Crippen molar-refractivity contribution in [2.45, 2.75) is 71.1 Å². The van der Waals surface area contributed by atoms with Crippen LogP contribution in [0.1, 0.15) is 47.0 Å². The monoisotopic (exact) mass is 346 g/mol. The minimum atomic E-state index is -2.11. The first-order valence-electron chi connectivity index (χ1n) is 9.24. The molecule has 24 heavy (non-hydrogen) atoms. The molecule has 132 valence electrons. The number of hydrogen-bond donors (Lipinski definition) is 0. The van der Waals surface area contributed by atoms with Crippen molar-refractivity contribution in [2.75, 3.05) is 4.90 Å². The predicted molar refractivity (Wildman–Crippen MR) is 102 cm³/mol. The van der Waals surface area contributed by atoms with Crippen LogP contribution in [-0.2, 0) is 4.79 Å². The lowest BCUT2D eigenvalue weighted by Crippen LogP contribution is -2.56. The molecule has 1 aromatic rings. The molecule has 1 atom stereocenters. The van der Waals surface area contributed by atoms with Gasteiger partial charge >= 0.3 is 6.03 Å². The van der Waals surface area contributed by atoms with Crippen LogP contribution in [0.2, 0.25) is 18.1 Å². The number of hydrogen-bond acceptors (Lipinski definition) is 2. The molecule has 0 aliphatic carbocycles. The molecule has 5 heteroatoms. The number of amides is 3. The van der Waals surface area contributed by atoms with Crippen molar-refractivity contribution < 1.29 is 9.59 Å². The van der Waals surface area contributed by atoms with Crippen molar-refractivity contribution >= 4 is 25.9 Å². The highest BCUT2D eigenvalue weighted by molar-refractivity contribution is 6.82. The van der Waals surface area contributed by atoms with Crippen molar-refractivity contribution in [1.82, 2.24) is 4.57 Å². The summed E-state index contributed by atoms with van der Waals surface area (Å²) in [6, 6.07) is 12.1. The van der Waals surface area contributed by atoms with E-state index in [0.717, 1.165) is 43.1 Å². The number of benzene rings is 1. The zero-order valence-electron chi connectivity index (χ0n) is 15.4. The molecule has 0 saturated carbocycles. The van der Waals surface area contributed by atoms with Gasteiger partial charge in [0, 0.05) is 5.69 Å². The van der Waals surface area contributed by atoms with Gasteiger partial charge in [-0.05, 0) is 37.2 Å². The molecule has 1 aliphatic rings. The molecular formula is C19H30N2O2Si. The summed E-state index contributed by atoms with van der Waals surface area (Å²) >= 11 is 0. The van der Waals surface area contributed by atoms with Crippen LogP contribution in [0.3, 0.4) is 0 Å². The molecule has 1 aliphatic heterocycles. The maximum Gasteiger partial charge on any atom is 0.323 e. The van der Waals surface area contributed by atoms with Gasteiger partial charge in [0.2, 0.25) is 5.91 Å². The maximum atomic E-state index is 13.3. The molecule has 0 aromatic heterocycles. The zero-order chi connectivity index (χ0) is 17.7. The Kier molecular flexibility index (Phi) is 6.21. The number of anilines is 1. The van der Waals surface area contributed by atoms with E-state index in [4.69, 9.17) is 0 Å². The second-order valence-corrected chi connectivity index (χ2v) is 11.2. The lowest BCUT2D eigenvalue weighted by Gasteiger charge is -2.38. The maximum absolute atomic E-state index is 13.3. The van der Waals surface area contributed by atoms with Gasteiger partial charge in [-0.1, -0.05) is 58.2 Å². The van der Waals surface area contributed by atoms with E-state index in [0.29, 0.717) is 0 Å². The fraction of sp³-hybridized carbons (Fsp3) is 0.579. The molecule has 0 bridgehead atoms. The Morgan fingerprint density at radius 2 is 1.42 bits per heavy atom. The smallest absolute Gasteiger partial charge is 0.291 e.